The van der Waals surface area contributed by atoms with Gasteiger partial charge in [-0.05, 0) is 48.7 Å². The number of benzene rings is 1. The van der Waals surface area contributed by atoms with Gasteiger partial charge in [0.2, 0.25) is 0 Å². The third kappa shape index (κ3) is 9.32. The van der Waals surface area contributed by atoms with E-state index in [1.807, 2.05) is 37.3 Å². The average Bonchev–Trinajstić information content (AvgIpc) is 2.59. The molecule has 0 spiro atoms. The zero-order valence-corrected chi connectivity index (χ0v) is 15.9. The second kappa shape index (κ2) is 14.7. The van der Waals surface area contributed by atoms with E-state index in [0.29, 0.717) is 6.54 Å². The molecule has 0 saturated heterocycles. The van der Waals surface area contributed by atoms with E-state index in [9.17, 15) is 0 Å². The molecule has 0 saturated carbocycles. The molecule has 0 heterocycles. The van der Waals surface area contributed by atoms with E-state index in [1.54, 1.807) is 0 Å². The molecule has 1 heteroatoms. The molecule has 1 aromatic carbocycles. The second-order valence-corrected chi connectivity index (χ2v) is 5.74. The Hall–Kier alpha value is -1.86. The lowest BCUT2D eigenvalue weighted by Crippen LogP contribution is -2.25. The summed E-state index contributed by atoms with van der Waals surface area (Å²) in [7, 11) is 0. The van der Waals surface area contributed by atoms with Crippen molar-refractivity contribution in [1.29, 1.82) is 0 Å². The maximum atomic E-state index is 5.57. The lowest BCUT2D eigenvalue weighted by atomic mass is 10.1. The molecule has 0 aliphatic rings. The van der Waals surface area contributed by atoms with Gasteiger partial charge in [-0.25, -0.2) is 0 Å². The van der Waals surface area contributed by atoms with Gasteiger partial charge in [0.1, 0.15) is 0 Å². The molecule has 0 atom stereocenters. The summed E-state index contributed by atoms with van der Waals surface area (Å²) >= 11 is 0. The maximum absolute atomic E-state index is 5.57. The third-order valence-electron chi connectivity index (χ3n) is 3.64. The molecule has 132 valence electrons. The molecule has 0 radical (unpaired) electrons. The van der Waals surface area contributed by atoms with Crippen molar-refractivity contribution in [3.63, 3.8) is 0 Å². The first-order valence-electron chi connectivity index (χ1n) is 9.05. The molecular formula is C23H35N. The Labute approximate surface area is 149 Å². The fourth-order valence-electron chi connectivity index (χ4n) is 2.40. The molecule has 1 nitrogen and oxygen atoms in total. The van der Waals surface area contributed by atoms with Gasteiger partial charge in [-0.2, -0.15) is 0 Å². The minimum Gasteiger partial charge on any atom is -0.330 e. The highest BCUT2D eigenvalue weighted by molar-refractivity contribution is 5.56. The van der Waals surface area contributed by atoms with Crippen molar-refractivity contribution in [3.8, 4) is 0 Å². The van der Waals surface area contributed by atoms with Gasteiger partial charge in [0.25, 0.3) is 0 Å². The minimum atomic E-state index is 0.675. The Bertz CT molecular complexity index is 620. The van der Waals surface area contributed by atoms with Gasteiger partial charge in [0.15, 0.2) is 0 Å². The third-order valence-corrected chi connectivity index (χ3v) is 3.64. The van der Waals surface area contributed by atoms with Crippen LogP contribution in [0.3, 0.4) is 0 Å². The van der Waals surface area contributed by atoms with Crippen LogP contribution in [0.4, 0.5) is 0 Å². The van der Waals surface area contributed by atoms with Gasteiger partial charge in [0, 0.05) is 0 Å². The lowest BCUT2D eigenvalue weighted by Gasteiger charge is -2.00. The standard InChI is InChI=1S/C13H17N.C10H18/c1-3-6-12(9-10-14)13-8-5-4-7-11(13)2;1-4-7-9-10(6-3)8-5-2/h3-8H,2,9-10,14H2,1H3;6,9H,3-5,7-8H2,1-2H3/b6-3-,13-12+;10-9-. The fourth-order valence-corrected chi connectivity index (χ4v) is 2.40. The number of hydrogen-bond donors (Lipinski definition) is 1. The van der Waals surface area contributed by atoms with E-state index in [0.717, 1.165) is 11.6 Å². The fraction of sp³-hybridized carbons (Fsp3) is 0.391. The maximum Gasteiger partial charge on any atom is -0.00365 e. The quantitative estimate of drug-likeness (QED) is 0.678. The molecule has 2 N–H and O–H groups in total. The number of unbranched alkanes of at least 4 members (excludes halogenated alkanes) is 1. The summed E-state index contributed by atoms with van der Waals surface area (Å²) in [6, 6.07) is 8.15. The van der Waals surface area contributed by atoms with E-state index in [4.69, 9.17) is 5.73 Å². The predicted molar refractivity (Wildman–Crippen MR) is 111 cm³/mol. The zero-order chi connectivity index (χ0) is 18.2. The lowest BCUT2D eigenvalue weighted by molar-refractivity contribution is 0.895. The smallest absolute Gasteiger partial charge is 0.00365 e. The van der Waals surface area contributed by atoms with Gasteiger partial charge in [-0.1, -0.05) is 94.0 Å². The van der Waals surface area contributed by atoms with Crippen LogP contribution in [0.5, 0.6) is 0 Å². The largest absolute Gasteiger partial charge is 0.330 e. The van der Waals surface area contributed by atoms with Crippen LogP contribution < -0.4 is 16.2 Å². The van der Waals surface area contributed by atoms with Crippen LogP contribution in [-0.2, 0) is 0 Å². The van der Waals surface area contributed by atoms with Crippen molar-refractivity contribution in [2.45, 2.75) is 52.9 Å². The van der Waals surface area contributed by atoms with Crippen molar-refractivity contribution < 1.29 is 0 Å². The Morgan fingerprint density at radius 1 is 1.12 bits per heavy atom. The molecule has 0 aliphatic heterocycles. The van der Waals surface area contributed by atoms with Gasteiger partial charge in [-0.15, -0.1) is 0 Å². The van der Waals surface area contributed by atoms with E-state index in [-0.39, 0.29) is 0 Å². The molecule has 1 rings (SSSR count). The minimum absolute atomic E-state index is 0.675. The van der Waals surface area contributed by atoms with Crippen molar-refractivity contribution in [3.05, 3.63) is 71.2 Å². The highest BCUT2D eigenvalue weighted by atomic mass is 14.5. The highest BCUT2D eigenvalue weighted by Gasteiger charge is 1.93. The van der Waals surface area contributed by atoms with Gasteiger partial charge in [0.05, 0.1) is 0 Å². The molecule has 0 aromatic heterocycles. The SMILES string of the molecule is C=C/C(=C/CCC)CCC.C=c1cccc/c1=C(/C=C\C)CCN. The highest BCUT2D eigenvalue weighted by Crippen LogP contribution is 2.07. The number of allylic oxidation sites excluding steroid dienone is 5. The van der Waals surface area contributed by atoms with Crippen LogP contribution >= 0.6 is 0 Å². The Morgan fingerprint density at radius 3 is 2.33 bits per heavy atom. The second-order valence-electron chi connectivity index (χ2n) is 5.74. The molecule has 0 fully saturated rings. The van der Waals surface area contributed by atoms with Gasteiger partial charge < -0.3 is 5.73 Å². The normalized spacial score (nSPS) is 12.6. The summed E-state index contributed by atoms with van der Waals surface area (Å²) in [4.78, 5) is 0. The molecule has 0 unspecified atom stereocenters. The zero-order valence-electron chi connectivity index (χ0n) is 15.9. The molecule has 24 heavy (non-hydrogen) atoms. The molecular weight excluding hydrogens is 290 g/mol. The number of nitrogens with two attached hydrogens (primary N) is 1. The molecule has 1 aromatic rings. The van der Waals surface area contributed by atoms with Crippen molar-refractivity contribution in [1.82, 2.24) is 0 Å². The van der Waals surface area contributed by atoms with E-state index >= 15 is 0 Å². The predicted octanol–water partition coefficient (Wildman–Crippen LogP) is 4.87. The van der Waals surface area contributed by atoms with E-state index in [2.05, 4.69) is 45.2 Å². The van der Waals surface area contributed by atoms with E-state index in [1.165, 1.54) is 42.0 Å². The summed E-state index contributed by atoms with van der Waals surface area (Å²) in [6.07, 6.45) is 14.1. The summed E-state index contributed by atoms with van der Waals surface area (Å²) in [5.41, 5.74) is 8.24. The molecule has 0 amide bonds. The summed E-state index contributed by atoms with van der Waals surface area (Å²) < 4.78 is 0. The van der Waals surface area contributed by atoms with Crippen LogP contribution in [0.1, 0.15) is 52.9 Å². The van der Waals surface area contributed by atoms with Crippen molar-refractivity contribution >= 4 is 12.2 Å². The number of rotatable bonds is 8. The first-order valence-corrected chi connectivity index (χ1v) is 9.05. The van der Waals surface area contributed by atoms with Crippen LogP contribution in [0.25, 0.3) is 12.2 Å². The van der Waals surface area contributed by atoms with Crippen molar-refractivity contribution in [2.24, 2.45) is 5.73 Å². The first-order chi connectivity index (χ1) is 11.6. The van der Waals surface area contributed by atoms with Crippen LogP contribution in [-0.4, -0.2) is 6.54 Å². The van der Waals surface area contributed by atoms with Crippen molar-refractivity contribution in [2.75, 3.05) is 6.54 Å². The summed E-state index contributed by atoms with van der Waals surface area (Å²) in [5.74, 6) is 0. The Morgan fingerprint density at radius 2 is 1.83 bits per heavy atom. The molecule has 0 aliphatic carbocycles. The summed E-state index contributed by atoms with van der Waals surface area (Å²) in [6.45, 7) is 14.9. The summed E-state index contributed by atoms with van der Waals surface area (Å²) in [5, 5.41) is 2.27. The van der Waals surface area contributed by atoms with Gasteiger partial charge >= 0.3 is 0 Å². The van der Waals surface area contributed by atoms with Gasteiger partial charge in [-0.3, -0.25) is 0 Å². The Kier molecular flexibility index (Phi) is 13.6. The van der Waals surface area contributed by atoms with Crippen LogP contribution in [0, 0.1) is 0 Å². The Balaban J connectivity index is 0.000000470. The monoisotopic (exact) mass is 325 g/mol. The molecule has 0 bridgehead atoms. The topological polar surface area (TPSA) is 26.0 Å². The number of hydrogen-bond acceptors (Lipinski definition) is 1. The van der Waals surface area contributed by atoms with Crippen LogP contribution in [0.2, 0.25) is 0 Å². The average molecular weight is 326 g/mol. The first kappa shape index (κ1) is 22.1. The van der Waals surface area contributed by atoms with Crippen LogP contribution in [0.15, 0.2) is 60.7 Å². The van der Waals surface area contributed by atoms with E-state index < -0.39 is 0 Å².